The summed E-state index contributed by atoms with van der Waals surface area (Å²) in [5, 5.41) is 7.44. The van der Waals surface area contributed by atoms with Gasteiger partial charge in [0.05, 0.1) is 11.9 Å². The summed E-state index contributed by atoms with van der Waals surface area (Å²) < 4.78 is 38.1. The van der Waals surface area contributed by atoms with Gasteiger partial charge in [-0.2, -0.15) is 5.10 Å². The smallest absolute Gasteiger partial charge is 0.342 e. The number of ether oxygens (including phenoxy) is 1. The van der Waals surface area contributed by atoms with E-state index in [1.165, 1.54) is 13.0 Å². The number of hydrogen-bond acceptors (Lipinski definition) is 6. The van der Waals surface area contributed by atoms with Gasteiger partial charge in [0.15, 0.2) is 18.2 Å². The van der Waals surface area contributed by atoms with E-state index in [2.05, 4.69) is 10.3 Å². The Morgan fingerprint density at radius 2 is 2.04 bits per heavy atom. The molecule has 3 rings (SSSR count). The van der Waals surface area contributed by atoms with Crippen molar-refractivity contribution in [3.8, 4) is 5.69 Å². The van der Waals surface area contributed by atoms with Crippen molar-refractivity contribution in [3.05, 3.63) is 64.8 Å². The zero-order valence-corrected chi connectivity index (χ0v) is 14.5. The maximum atomic E-state index is 13.6. The van der Waals surface area contributed by atoms with Gasteiger partial charge in [0.1, 0.15) is 17.0 Å². The maximum Gasteiger partial charge on any atom is 0.342 e. The molecule has 1 aromatic carbocycles. The third-order valence-electron chi connectivity index (χ3n) is 3.84. The molecule has 0 bridgehead atoms. The Balaban J connectivity index is 1.84. The van der Waals surface area contributed by atoms with Crippen LogP contribution < -0.4 is 0 Å². The van der Waals surface area contributed by atoms with Crippen molar-refractivity contribution in [1.82, 2.24) is 14.9 Å². The summed E-state index contributed by atoms with van der Waals surface area (Å²) in [7, 11) is 0. The largest absolute Gasteiger partial charge is 0.454 e. The molecule has 2 aromatic heterocycles. The topological polar surface area (TPSA) is 87.2 Å². The van der Waals surface area contributed by atoms with E-state index in [9.17, 15) is 18.4 Å². The number of halogens is 2. The molecule has 0 radical (unpaired) electrons. The Morgan fingerprint density at radius 3 is 2.67 bits per heavy atom. The molecule has 0 saturated carbocycles. The number of rotatable bonds is 6. The summed E-state index contributed by atoms with van der Waals surface area (Å²) in [5.74, 6) is -1.17. The first-order valence-corrected chi connectivity index (χ1v) is 7.94. The number of alkyl halides is 2. The molecular formula is C18H15F2N3O4. The standard InChI is InChI=1S/C18H15F2N3O4/c1-10-5-3-4-6-15(10)23-16(17(19)20)13(8-21-23)18(25)26-9-12-7-14(11(2)24)22-27-12/h3-8,17H,9H2,1-2H3. The molecule has 0 amide bonds. The van der Waals surface area contributed by atoms with E-state index in [0.29, 0.717) is 5.69 Å². The zero-order valence-electron chi connectivity index (χ0n) is 14.5. The van der Waals surface area contributed by atoms with Crippen molar-refractivity contribution in [2.75, 3.05) is 0 Å². The fraction of sp³-hybridized carbons (Fsp3) is 0.222. The molecule has 2 heterocycles. The molecule has 0 aliphatic rings. The van der Waals surface area contributed by atoms with Gasteiger partial charge in [0.25, 0.3) is 6.43 Å². The Labute approximate surface area is 152 Å². The van der Waals surface area contributed by atoms with Gasteiger partial charge >= 0.3 is 5.97 Å². The Morgan fingerprint density at radius 1 is 1.30 bits per heavy atom. The average Bonchev–Trinajstić information content (AvgIpc) is 3.27. The van der Waals surface area contributed by atoms with Crippen LogP contribution >= 0.6 is 0 Å². The molecule has 0 aliphatic heterocycles. The van der Waals surface area contributed by atoms with E-state index in [1.54, 1.807) is 31.2 Å². The first-order chi connectivity index (χ1) is 12.9. The SMILES string of the molecule is CC(=O)c1cc(COC(=O)c2cnn(-c3ccccc3C)c2C(F)F)on1. The van der Waals surface area contributed by atoms with Crippen molar-refractivity contribution in [1.29, 1.82) is 0 Å². The predicted octanol–water partition coefficient (Wildman–Crippen LogP) is 3.67. The van der Waals surface area contributed by atoms with E-state index in [1.807, 2.05) is 0 Å². The van der Waals surface area contributed by atoms with Crippen molar-refractivity contribution in [2.45, 2.75) is 26.9 Å². The number of ketones is 1. The maximum absolute atomic E-state index is 13.6. The molecule has 0 N–H and O–H groups in total. The molecule has 0 atom stereocenters. The number of Topliss-reactive ketones (excluding diaryl/α,β-unsaturated/α-hetero) is 1. The van der Waals surface area contributed by atoms with Crippen LogP contribution in [0.2, 0.25) is 0 Å². The molecule has 9 heteroatoms. The number of esters is 1. The normalized spacial score (nSPS) is 11.0. The highest BCUT2D eigenvalue weighted by Gasteiger charge is 2.27. The second-order valence-electron chi connectivity index (χ2n) is 5.75. The van der Waals surface area contributed by atoms with E-state index < -0.39 is 18.1 Å². The number of aryl methyl sites for hydroxylation is 1. The van der Waals surface area contributed by atoms with E-state index in [0.717, 1.165) is 16.4 Å². The van der Waals surface area contributed by atoms with Gasteiger partial charge in [-0.1, -0.05) is 23.4 Å². The van der Waals surface area contributed by atoms with Gasteiger partial charge in [0.2, 0.25) is 0 Å². The molecule has 0 spiro atoms. The number of hydrogen-bond donors (Lipinski definition) is 0. The first-order valence-electron chi connectivity index (χ1n) is 7.94. The second kappa shape index (κ2) is 7.48. The molecule has 0 aliphatic carbocycles. The van der Waals surface area contributed by atoms with Crippen LogP contribution in [-0.4, -0.2) is 26.7 Å². The van der Waals surface area contributed by atoms with Crippen molar-refractivity contribution in [2.24, 2.45) is 0 Å². The summed E-state index contributed by atoms with van der Waals surface area (Å²) in [5.41, 5.74) is 0.339. The predicted molar refractivity (Wildman–Crippen MR) is 88.9 cm³/mol. The zero-order chi connectivity index (χ0) is 19.6. The third-order valence-corrected chi connectivity index (χ3v) is 3.84. The molecular weight excluding hydrogens is 360 g/mol. The molecule has 27 heavy (non-hydrogen) atoms. The van der Waals surface area contributed by atoms with Crippen molar-refractivity contribution < 1.29 is 27.6 Å². The van der Waals surface area contributed by atoms with Gasteiger partial charge < -0.3 is 9.26 Å². The van der Waals surface area contributed by atoms with Crippen LogP contribution in [0, 0.1) is 6.92 Å². The highest BCUT2D eigenvalue weighted by atomic mass is 19.3. The minimum absolute atomic E-state index is 0.0849. The lowest BCUT2D eigenvalue weighted by Crippen LogP contribution is -2.11. The monoisotopic (exact) mass is 375 g/mol. The first kappa shape index (κ1) is 18.4. The van der Waals surface area contributed by atoms with Gasteiger partial charge in [-0.05, 0) is 18.6 Å². The summed E-state index contributed by atoms with van der Waals surface area (Å²) >= 11 is 0. The van der Waals surface area contributed by atoms with Crippen LogP contribution in [0.1, 0.15) is 51.2 Å². The third kappa shape index (κ3) is 3.76. The summed E-state index contributed by atoms with van der Waals surface area (Å²) in [6.45, 7) is 2.71. The second-order valence-corrected chi connectivity index (χ2v) is 5.75. The summed E-state index contributed by atoms with van der Waals surface area (Å²) in [6.07, 6.45) is -1.90. The fourth-order valence-corrected chi connectivity index (χ4v) is 2.48. The van der Waals surface area contributed by atoms with Crippen LogP contribution in [0.4, 0.5) is 8.78 Å². The molecule has 3 aromatic rings. The van der Waals surface area contributed by atoms with E-state index in [4.69, 9.17) is 9.26 Å². The quantitative estimate of drug-likeness (QED) is 0.483. The molecule has 0 fully saturated rings. The van der Waals surface area contributed by atoms with Gasteiger partial charge in [0, 0.05) is 13.0 Å². The van der Waals surface area contributed by atoms with Crippen LogP contribution in [0.5, 0.6) is 0 Å². The van der Waals surface area contributed by atoms with Gasteiger partial charge in [-0.3, -0.25) is 4.79 Å². The minimum Gasteiger partial charge on any atom is -0.454 e. The number of nitrogens with zero attached hydrogens (tertiary/aromatic N) is 3. The van der Waals surface area contributed by atoms with Gasteiger partial charge in [-0.15, -0.1) is 0 Å². The van der Waals surface area contributed by atoms with E-state index in [-0.39, 0.29) is 29.4 Å². The summed E-state index contributed by atoms with van der Waals surface area (Å²) in [4.78, 5) is 23.5. The van der Waals surface area contributed by atoms with Crippen molar-refractivity contribution in [3.63, 3.8) is 0 Å². The summed E-state index contributed by atoms with van der Waals surface area (Å²) in [6, 6.07) is 8.16. The highest BCUT2D eigenvalue weighted by Crippen LogP contribution is 2.27. The van der Waals surface area contributed by atoms with Crippen LogP contribution in [-0.2, 0) is 11.3 Å². The Bertz CT molecular complexity index is 994. The molecule has 0 saturated heterocycles. The lowest BCUT2D eigenvalue weighted by molar-refractivity contribution is 0.0426. The lowest BCUT2D eigenvalue weighted by atomic mass is 10.2. The fourth-order valence-electron chi connectivity index (χ4n) is 2.48. The Hall–Kier alpha value is -3.36. The number of carbonyl (C=O) groups is 2. The van der Waals surface area contributed by atoms with Crippen molar-refractivity contribution >= 4 is 11.8 Å². The highest BCUT2D eigenvalue weighted by molar-refractivity contribution is 5.92. The van der Waals surface area contributed by atoms with Crippen LogP contribution in [0.15, 0.2) is 41.1 Å². The molecule has 140 valence electrons. The number of carbonyl (C=O) groups excluding carboxylic acids is 2. The number of benzene rings is 1. The van der Waals surface area contributed by atoms with Crippen LogP contribution in [0.25, 0.3) is 5.69 Å². The number of aromatic nitrogens is 3. The average molecular weight is 375 g/mol. The van der Waals surface area contributed by atoms with Gasteiger partial charge in [-0.25, -0.2) is 18.3 Å². The number of para-hydroxylation sites is 1. The minimum atomic E-state index is -2.94. The Kier molecular flexibility index (Phi) is 5.11. The molecule has 7 nitrogen and oxygen atoms in total. The van der Waals surface area contributed by atoms with Crippen LogP contribution in [0.3, 0.4) is 0 Å². The lowest BCUT2D eigenvalue weighted by Gasteiger charge is -2.10. The molecule has 0 unspecified atom stereocenters. The van der Waals surface area contributed by atoms with E-state index >= 15 is 0 Å².